The molecule has 42 heavy (non-hydrogen) atoms. The third kappa shape index (κ3) is 12.6. The molecule has 0 bridgehead atoms. The Balaban J connectivity index is 1.47. The minimum absolute atomic E-state index is 0.111. The molecular formula is C29H52N4O7S2. The third-order valence-corrected chi connectivity index (χ3v) is 9.71. The molecule has 0 aromatic heterocycles. The predicted octanol–water partition coefficient (Wildman–Crippen LogP) is 2.77. The number of amides is 4. The van der Waals surface area contributed by atoms with Crippen LogP contribution in [-0.4, -0.2) is 91.5 Å². The van der Waals surface area contributed by atoms with E-state index in [0.717, 1.165) is 24.3 Å². The van der Waals surface area contributed by atoms with Crippen LogP contribution in [0.25, 0.3) is 0 Å². The van der Waals surface area contributed by atoms with Crippen molar-refractivity contribution in [3.8, 4) is 0 Å². The van der Waals surface area contributed by atoms with Gasteiger partial charge in [-0.2, -0.15) is 0 Å². The van der Waals surface area contributed by atoms with Crippen LogP contribution in [0.2, 0.25) is 0 Å². The van der Waals surface area contributed by atoms with Gasteiger partial charge in [-0.25, -0.2) is 0 Å². The highest BCUT2D eigenvalue weighted by Gasteiger charge is 2.46. The maximum atomic E-state index is 12.7. The van der Waals surface area contributed by atoms with Crippen LogP contribution in [-0.2, 0) is 33.4 Å². The van der Waals surface area contributed by atoms with Crippen LogP contribution in [0.5, 0.6) is 0 Å². The lowest BCUT2D eigenvalue weighted by Crippen LogP contribution is -2.56. The summed E-state index contributed by atoms with van der Waals surface area (Å²) in [5.74, 6) is -0.0240. The number of hydrogen-bond acceptors (Lipinski definition) is 9. The summed E-state index contributed by atoms with van der Waals surface area (Å²) in [4.78, 5) is 49.5. The lowest BCUT2D eigenvalue weighted by molar-refractivity contribution is -0.304. The summed E-state index contributed by atoms with van der Waals surface area (Å²) in [6, 6.07) is 0. The largest absolute Gasteiger partial charge is 0.362 e. The Labute approximate surface area is 259 Å². The average molecular weight is 633 g/mol. The van der Waals surface area contributed by atoms with Crippen molar-refractivity contribution in [1.29, 1.82) is 0 Å². The van der Waals surface area contributed by atoms with E-state index in [1.54, 1.807) is 35.4 Å². The van der Waals surface area contributed by atoms with Crippen molar-refractivity contribution in [2.75, 3.05) is 44.3 Å². The van der Waals surface area contributed by atoms with Crippen LogP contribution in [0.4, 0.5) is 0 Å². The molecule has 0 aliphatic carbocycles. The lowest BCUT2D eigenvalue weighted by Gasteiger charge is -2.45. The van der Waals surface area contributed by atoms with Gasteiger partial charge in [0.25, 0.3) is 0 Å². The van der Waals surface area contributed by atoms with Gasteiger partial charge in [-0.05, 0) is 40.5 Å². The topological polar surface area (TPSA) is 144 Å². The van der Waals surface area contributed by atoms with Crippen LogP contribution >= 0.6 is 21.6 Å². The molecule has 2 saturated heterocycles. The zero-order valence-corrected chi connectivity index (χ0v) is 28.2. The highest BCUT2D eigenvalue weighted by molar-refractivity contribution is 8.76. The molecule has 242 valence electrons. The first-order chi connectivity index (χ1) is 19.4. The van der Waals surface area contributed by atoms with Crippen molar-refractivity contribution in [3.05, 3.63) is 0 Å². The van der Waals surface area contributed by atoms with Gasteiger partial charge in [-0.3, -0.25) is 19.2 Å². The van der Waals surface area contributed by atoms with Crippen molar-refractivity contribution in [3.63, 3.8) is 0 Å². The first-order valence-electron chi connectivity index (χ1n) is 14.8. The standard InChI is InChI=1S/C29H52N4O7S2/c1-26(2)11-12-28(5,6)39-22(26)24(36)32-13-9-20(34)30-15-17-41-42-18-16-31-21(35)10-14-33-25(37)23-27(3,4)19-38-29(7,8)40-23/h22-23H,9-19H2,1-8H3,(H,30,34)(H,31,35)(H,32,36)(H,33,37). The average Bonchev–Trinajstić information content (AvgIpc) is 2.88. The van der Waals surface area contributed by atoms with Crippen LogP contribution in [0, 0.1) is 10.8 Å². The van der Waals surface area contributed by atoms with E-state index >= 15 is 0 Å². The van der Waals surface area contributed by atoms with Gasteiger partial charge in [0.15, 0.2) is 5.79 Å². The quantitative estimate of drug-likeness (QED) is 0.158. The van der Waals surface area contributed by atoms with Gasteiger partial charge in [-0.15, -0.1) is 0 Å². The Kier molecular flexibility index (Phi) is 13.9. The molecule has 11 nitrogen and oxygen atoms in total. The summed E-state index contributed by atoms with van der Waals surface area (Å²) in [6.45, 7) is 17.4. The molecule has 0 aromatic carbocycles. The van der Waals surface area contributed by atoms with Gasteiger partial charge >= 0.3 is 0 Å². The van der Waals surface area contributed by atoms with Crippen LogP contribution < -0.4 is 21.3 Å². The molecule has 0 radical (unpaired) electrons. The molecule has 2 unspecified atom stereocenters. The molecule has 0 aromatic rings. The van der Waals surface area contributed by atoms with Gasteiger partial charge < -0.3 is 35.5 Å². The molecule has 2 rings (SSSR count). The summed E-state index contributed by atoms with van der Waals surface area (Å²) in [5.41, 5.74) is -1.03. The minimum atomic E-state index is -0.824. The fourth-order valence-corrected chi connectivity index (χ4v) is 6.38. The van der Waals surface area contributed by atoms with Crippen molar-refractivity contribution >= 4 is 45.2 Å². The fourth-order valence-electron chi connectivity index (χ4n) is 4.56. The zero-order chi connectivity index (χ0) is 31.6. The Bertz CT molecular complexity index is 869. The second kappa shape index (κ2) is 16.0. The van der Waals surface area contributed by atoms with Gasteiger partial charge in [0, 0.05) is 61.4 Å². The van der Waals surface area contributed by atoms with E-state index in [2.05, 4.69) is 21.3 Å². The first kappa shape index (κ1) is 36.7. The van der Waals surface area contributed by atoms with E-state index in [9.17, 15) is 19.2 Å². The summed E-state index contributed by atoms with van der Waals surface area (Å²) in [5, 5.41) is 11.4. The highest BCUT2D eigenvalue weighted by atomic mass is 33.1. The van der Waals surface area contributed by atoms with Crippen molar-refractivity contribution in [2.45, 2.75) is 105 Å². The van der Waals surface area contributed by atoms with Gasteiger partial charge in [0.05, 0.1) is 12.2 Å². The Morgan fingerprint density at radius 2 is 1.12 bits per heavy atom. The molecule has 2 heterocycles. The maximum Gasteiger partial charge on any atom is 0.249 e. The molecule has 4 amide bonds. The van der Waals surface area contributed by atoms with Crippen molar-refractivity contribution in [1.82, 2.24) is 21.3 Å². The number of ether oxygens (including phenoxy) is 3. The SMILES string of the molecule is CC1(C)CCC(C)(C)C(C(=O)NCCC(=O)NCCSSCCNC(=O)CCNC(=O)C2OC(C)(C)OCC2(C)C)O1. The van der Waals surface area contributed by atoms with Crippen LogP contribution in [0.3, 0.4) is 0 Å². The van der Waals surface area contributed by atoms with Gasteiger partial charge in [0.2, 0.25) is 23.6 Å². The van der Waals surface area contributed by atoms with E-state index in [1.165, 1.54) is 0 Å². The van der Waals surface area contributed by atoms with E-state index < -0.39 is 23.4 Å². The molecule has 4 N–H and O–H groups in total. The summed E-state index contributed by atoms with van der Waals surface area (Å²) in [6.07, 6.45) is 1.04. The van der Waals surface area contributed by atoms with Crippen molar-refractivity contribution in [2.24, 2.45) is 10.8 Å². The molecule has 0 spiro atoms. The summed E-state index contributed by atoms with van der Waals surface area (Å²) >= 11 is 0. The normalized spacial score (nSPS) is 23.8. The van der Waals surface area contributed by atoms with E-state index in [4.69, 9.17) is 14.2 Å². The monoisotopic (exact) mass is 632 g/mol. The van der Waals surface area contributed by atoms with E-state index in [0.29, 0.717) is 19.7 Å². The summed E-state index contributed by atoms with van der Waals surface area (Å²) < 4.78 is 17.5. The third-order valence-electron chi connectivity index (χ3n) is 7.30. The minimum Gasteiger partial charge on any atom is -0.362 e. The number of nitrogens with one attached hydrogen (secondary N) is 4. The molecular weight excluding hydrogens is 580 g/mol. The van der Waals surface area contributed by atoms with Crippen molar-refractivity contribution < 1.29 is 33.4 Å². The highest BCUT2D eigenvalue weighted by Crippen LogP contribution is 2.40. The molecule has 0 saturated carbocycles. The number of carbonyl (C=O) groups is 4. The molecule has 2 aliphatic rings. The van der Waals surface area contributed by atoms with Gasteiger partial charge in [-0.1, -0.05) is 49.3 Å². The number of rotatable bonds is 15. The number of hydrogen-bond donors (Lipinski definition) is 4. The smallest absolute Gasteiger partial charge is 0.249 e. The molecule has 2 fully saturated rings. The Morgan fingerprint density at radius 1 is 0.643 bits per heavy atom. The lowest BCUT2D eigenvalue weighted by atomic mass is 9.75. The second-order valence-electron chi connectivity index (χ2n) is 13.3. The molecule has 2 atom stereocenters. The number of carbonyl (C=O) groups excluding carboxylic acids is 4. The van der Waals surface area contributed by atoms with Gasteiger partial charge in [0.1, 0.15) is 12.2 Å². The maximum absolute atomic E-state index is 12.7. The predicted molar refractivity (Wildman–Crippen MR) is 167 cm³/mol. The zero-order valence-electron chi connectivity index (χ0n) is 26.6. The van der Waals surface area contributed by atoms with Crippen LogP contribution in [0.15, 0.2) is 0 Å². The second-order valence-corrected chi connectivity index (χ2v) is 16.0. The molecule has 13 heteroatoms. The van der Waals surface area contributed by atoms with E-state index in [-0.39, 0.29) is 60.6 Å². The molecule has 2 aliphatic heterocycles. The Hall–Kier alpha value is -1.54. The summed E-state index contributed by atoms with van der Waals surface area (Å²) in [7, 11) is 3.23. The first-order valence-corrected chi connectivity index (χ1v) is 17.3. The Morgan fingerprint density at radius 3 is 1.62 bits per heavy atom. The van der Waals surface area contributed by atoms with Crippen LogP contribution in [0.1, 0.15) is 81.1 Å². The fraction of sp³-hybridized carbons (Fsp3) is 0.862. The van der Waals surface area contributed by atoms with E-state index in [1.807, 2.05) is 41.5 Å².